The molecule has 0 saturated heterocycles. The molecule has 0 N–H and O–H groups in total. The van der Waals surface area contributed by atoms with Crippen molar-refractivity contribution < 1.29 is 28.6 Å². The van der Waals surface area contributed by atoms with Crippen LogP contribution in [0.15, 0.2) is 0 Å². The molecule has 7 heteroatoms. The quantitative estimate of drug-likeness (QED) is 0.539. The summed E-state index contributed by atoms with van der Waals surface area (Å²) >= 11 is 0.633. The van der Waals surface area contributed by atoms with Gasteiger partial charge in [0, 0.05) is 0 Å². The molecule has 0 aliphatic heterocycles. The molecule has 0 aromatic carbocycles. The van der Waals surface area contributed by atoms with Crippen LogP contribution in [-0.2, 0) is 23.8 Å². The maximum absolute atomic E-state index is 11.8. The summed E-state index contributed by atoms with van der Waals surface area (Å²) in [5, 5.41) is -1.59. The number of rotatable bonds is 6. The third-order valence-corrected chi connectivity index (χ3v) is 3.35. The molecule has 0 unspecified atom stereocenters. The Balaban J connectivity index is 4.97. The highest BCUT2D eigenvalue weighted by Crippen LogP contribution is 2.26. The fourth-order valence-corrected chi connectivity index (χ4v) is 2.26. The molecule has 18 heavy (non-hydrogen) atoms. The van der Waals surface area contributed by atoms with Gasteiger partial charge in [-0.25, -0.2) is 4.79 Å². The van der Waals surface area contributed by atoms with Crippen molar-refractivity contribution >= 4 is 29.0 Å². The number of ether oxygens (including phenoxy) is 3. The van der Waals surface area contributed by atoms with E-state index in [9.17, 15) is 14.4 Å². The monoisotopic (exact) mass is 278 g/mol. The van der Waals surface area contributed by atoms with E-state index in [-0.39, 0.29) is 6.61 Å². The normalized spacial score (nSPS) is 13.3. The van der Waals surface area contributed by atoms with Crippen molar-refractivity contribution in [2.45, 2.75) is 25.5 Å². The SMILES string of the molecule is CCOC(=O)[C@@H](SC(=O)OC)[C@@H](CC)C(=O)OC. The van der Waals surface area contributed by atoms with Crippen molar-refractivity contribution in [1.29, 1.82) is 0 Å². The molecule has 2 atom stereocenters. The van der Waals surface area contributed by atoms with E-state index in [0.29, 0.717) is 18.2 Å². The van der Waals surface area contributed by atoms with Crippen LogP contribution in [-0.4, -0.2) is 43.3 Å². The first kappa shape index (κ1) is 16.8. The van der Waals surface area contributed by atoms with E-state index in [1.54, 1.807) is 13.8 Å². The molecule has 0 amide bonds. The third kappa shape index (κ3) is 4.95. The average molecular weight is 278 g/mol. The van der Waals surface area contributed by atoms with Crippen molar-refractivity contribution in [3.63, 3.8) is 0 Å². The molecule has 0 aliphatic rings. The van der Waals surface area contributed by atoms with Gasteiger partial charge in [-0.15, -0.1) is 0 Å². The Labute approximate surface area is 110 Å². The summed E-state index contributed by atoms with van der Waals surface area (Å²) in [5.74, 6) is -1.91. The lowest BCUT2D eigenvalue weighted by Gasteiger charge is -2.20. The number of hydrogen-bond donors (Lipinski definition) is 0. The van der Waals surface area contributed by atoms with Gasteiger partial charge in [-0.3, -0.25) is 9.59 Å². The van der Waals surface area contributed by atoms with Crippen molar-refractivity contribution in [1.82, 2.24) is 0 Å². The van der Waals surface area contributed by atoms with Crippen LogP contribution in [0, 0.1) is 5.92 Å². The smallest absolute Gasteiger partial charge is 0.367 e. The van der Waals surface area contributed by atoms with Gasteiger partial charge < -0.3 is 14.2 Å². The second-order valence-corrected chi connectivity index (χ2v) is 4.36. The number of carbonyl (C=O) groups excluding carboxylic acids is 3. The Morgan fingerprint density at radius 3 is 2.06 bits per heavy atom. The van der Waals surface area contributed by atoms with E-state index in [4.69, 9.17) is 4.74 Å². The van der Waals surface area contributed by atoms with Crippen molar-refractivity contribution in [2.75, 3.05) is 20.8 Å². The standard InChI is InChI=1S/C11H18O6S/c1-5-7(9(12)15-3)8(10(13)17-6-2)18-11(14)16-4/h7-8H,5-6H2,1-4H3/t7-,8+/m1/s1. The highest BCUT2D eigenvalue weighted by atomic mass is 32.2. The van der Waals surface area contributed by atoms with Gasteiger partial charge in [-0.05, 0) is 25.1 Å². The number of thioether (sulfide) groups is 1. The van der Waals surface area contributed by atoms with Gasteiger partial charge >= 0.3 is 17.2 Å². The Kier molecular flexibility index (Phi) is 8.19. The topological polar surface area (TPSA) is 78.9 Å². The fourth-order valence-electron chi connectivity index (χ4n) is 1.33. The fraction of sp³-hybridized carbons (Fsp3) is 0.727. The Morgan fingerprint density at radius 1 is 1.06 bits per heavy atom. The van der Waals surface area contributed by atoms with E-state index < -0.39 is 28.4 Å². The Hall–Kier alpha value is -1.24. The summed E-state index contributed by atoms with van der Waals surface area (Å²) in [6.45, 7) is 3.55. The molecule has 0 aromatic rings. The molecule has 0 radical (unpaired) electrons. The van der Waals surface area contributed by atoms with Crippen LogP contribution in [0.2, 0.25) is 0 Å². The van der Waals surface area contributed by atoms with Crippen LogP contribution in [0.5, 0.6) is 0 Å². The molecule has 0 rings (SSSR count). The van der Waals surface area contributed by atoms with E-state index >= 15 is 0 Å². The third-order valence-electron chi connectivity index (χ3n) is 2.22. The van der Waals surface area contributed by atoms with Crippen LogP contribution >= 0.6 is 11.8 Å². The lowest BCUT2D eigenvalue weighted by molar-refractivity contribution is -0.152. The van der Waals surface area contributed by atoms with Gasteiger partial charge in [-0.1, -0.05) is 6.92 Å². The Morgan fingerprint density at radius 2 is 1.67 bits per heavy atom. The molecule has 0 heterocycles. The number of methoxy groups -OCH3 is 2. The maximum atomic E-state index is 11.8. The second kappa shape index (κ2) is 8.79. The number of hydrogen-bond acceptors (Lipinski definition) is 7. The molecule has 0 aliphatic carbocycles. The predicted octanol–water partition coefficient (Wildman–Crippen LogP) is 1.62. The Bertz CT molecular complexity index is 304. The summed E-state index contributed by atoms with van der Waals surface area (Å²) in [6, 6.07) is 0. The van der Waals surface area contributed by atoms with Crippen molar-refractivity contribution in [2.24, 2.45) is 5.92 Å². The minimum absolute atomic E-state index is 0.175. The van der Waals surface area contributed by atoms with Crippen LogP contribution < -0.4 is 0 Å². The first-order valence-electron chi connectivity index (χ1n) is 5.50. The van der Waals surface area contributed by atoms with Gasteiger partial charge in [0.1, 0.15) is 5.25 Å². The van der Waals surface area contributed by atoms with E-state index in [1.807, 2.05) is 0 Å². The van der Waals surface area contributed by atoms with Crippen LogP contribution in [0.4, 0.5) is 4.79 Å². The highest BCUT2D eigenvalue weighted by Gasteiger charge is 2.37. The molecule has 0 aromatic heterocycles. The lowest BCUT2D eigenvalue weighted by Crippen LogP contribution is -2.35. The predicted molar refractivity (Wildman–Crippen MR) is 66.2 cm³/mol. The molecular weight excluding hydrogens is 260 g/mol. The van der Waals surface area contributed by atoms with Crippen LogP contribution in [0.25, 0.3) is 0 Å². The molecule has 0 spiro atoms. The van der Waals surface area contributed by atoms with Gasteiger partial charge in [0.25, 0.3) is 0 Å². The first-order valence-corrected chi connectivity index (χ1v) is 6.38. The van der Waals surface area contributed by atoms with Gasteiger partial charge in [-0.2, -0.15) is 0 Å². The summed E-state index contributed by atoms with van der Waals surface area (Å²) in [4.78, 5) is 34.6. The van der Waals surface area contributed by atoms with Crippen molar-refractivity contribution in [3.05, 3.63) is 0 Å². The largest absolute Gasteiger partial charge is 0.469 e. The molecule has 104 valence electrons. The van der Waals surface area contributed by atoms with E-state index in [1.165, 1.54) is 14.2 Å². The zero-order valence-electron chi connectivity index (χ0n) is 10.9. The molecule has 6 nitrogen and oxygen atoms in total. The summed E-state index contributed by atoms with van der Waals surface area (Å²) in [6.07, 6.45) is 0.361. The maximum Gasteiger partial charge on any atom is 0.367 e. The lowest BCUT2D eigenvalue weighted by atomic mass is 10.0. The van der Waals surface area contributed by atoms with Gasteiger partial charge in [0.05, 0.1) is 26.7 Å². The average Bonchev–Trinajstić information content (AvgIpc) is 2.37. The number of esters is 2. The minimum atomic E-state index is -0.949. The van der Waals surface area contributed by atoms with E-state index in [2.05, 4.69) is 9.47 Å². The zero-order chi connectivity index (χ0) is 14.1. The van der Waals surface area contributed by atoms with Gasteiger partial charge in [0.15, 0.2) is 0 Å². The zero-order valence-corrected chi connectivity index (χ0v) is 11.7. The van der Waals surface area contributed by atoms with Crippen LogP contribution in [0.3, 0.4) is 0 Å². The molecule has 0 bridgehead atoms. The van der Waals surface area contributed by atoms with Gasteiger partial charge in [0.2, 0.25) is 0 Å². The summed E-state index contributed by atoms with van der Waals surface area (Å²) in [7, 11) is 2.44. The molecule has 0 fully saturated rings. The molecule has 0 saturated carbocycles. The van der Waals surface area contributed by atoms with Crippen LogP contribution in [0.1, 0.15) is 20.3 Å². The minimum Gasteiger partial charge on any atom is -0.469 e. The molecular formula is C11H18O6S. The van der Waals surface area contributed by atoms with E-state index in [0.717, 1.165) is 0 Å². The highest BCUT2D eigenvalue weighted by molar-refractivity contribution is 8.14. The second-order valence-electron chi connectivity index (χ2n) is 3.28. The van der Waals surface area contributed by atoms with Crippen molar-refractivity contribution in [3.8, 4) is 0 Å². The summed E-state index contributed by atoms with van der Waals surface area (Å²) in [5.41, 5.74) is 0. The first-order chi connectivity index (χ1) is 8.51. The number of carbonyl (C=O) groups is 3. The summed E-state index contributed by atoms with van der Waals surface area (Å²) < 4.78 is 13.9.